The number of anilines is 1. The molecule has 2 aromatic heterocycles. The third-order valence-electron chi connectivity index (χ3n) is 2.62. The van der Waals surface area contributed by atoms with Crippen molar-refractivity contribution in [2.75, 3.05) is 5.73 Å². The second-order valence-corrected chi connectivity index (χ2v) is 4.58. The molecule has 2 N–H and O–H groups in total. The van der Waals surface area contributed by atoms with Crippen molar-refractivity contribution < 1.29 is 0 Å². The summed E-state index contributed by atoms with van der Waals surface area (Å²) < 4.78 is 2.89. The van der Waals surface area contributed by atoms with E-state index in [0.717, 1.165) is 11.3 Å². The number of aryl methyl sites for hydroxylation is 2. The lowest BCUT2D eigenvalue weighted by Crippen LogP contribution is -2.24. The van der Waals surface area contributed by atoms with E-state index >= 15 is 0 Å². The minimum Gasteiger partial charge on any atom is -0.392 e. The summed E-state index contributed by atoms with van der Waals surface area (Å²) in [6.07, 6.45) is 1.34. The highest BCUT2D eigenvalue weighted by molar-refractivity contribution is 6.31. The molecule has 0 unspecified atom stereocenters. The van der Waals surface area contributed by atoms with Crippen molar-refractivity contribution in [2.45, 2.75) is 13.5 Å². The SMILES string of the molecule is Cc1nn(C)c(Cl)c1Cn1cnc(Cl)c(N)c1=O. The lowest BCUT2D eigenvalue weighted by atomic mass is 10.2. The largest absolute Gasteiger partial charge is 0.392 e. The molecule has 2 aromatic rings. The summed E-state index contributed by atoms with van der Waals surface area (Å²) in [7, 11) is 1.73. The van der Waals surface area contributed by atoms with E-state index in [1.807, 2.05) is 6.92 Å². The standard InChI is InChI=1S/C10H11Cl2N5O/c1-5-6(9(12)16(2)15-5)3-17-4-14-8(11)7(13)10(17)18/h4H,3,13H2,1-2H3. The number of hydrogen-bond donors (Lipinski definition) is 1. The Balaban J connectivity index is 2.47. The van der Waals surface area contributed by atoms with E-state index < -0.39 is 5.56 Å². The first kappa shape index (κ1) is 12.9. The number of hydrogen-bond acceptors (Lipinski definition) is 4. The Morgan fingerprint density at radius 2 is 2.11 bits per heavy atom. The Hall–Kier alpha value is -1.53. The van der Waals surface area contributed by atoms with Crippen LogP contribution >= 0.6 is 23.2 Å². The van der Waals surface area contributed by atoms with Gasteiger partial charge in [-0.2, -0.15) is 5.10 Å². The molecule has 0 saturated carbocycles. The van der Waals surface area contributed by atoms with Crippen LogP contribution in [0.2, 0.25) is 10.3 Å². The van der Waals surface area contributed by atoms with Crippen LogP contribution in [0.1, 0.15) is 11.3 Å². The summed E-state index contributed by atoms with van der Waals surface area (Å²) in [4.78, 5) is 15.7. The van der Waals surface area contributed by atoms with Crippen LogP contribution in [0.5, 0.6) is 0 Å². The summed E-state index contributed by atoms with van der Waals surface area (Å²) in [6, 6.07) is 0. The molecule has 2 heterocycles. The number of nitrogen functional groups attached to an aromatic ring is 1. The Morgan fingerprint density at radius 1 is 1.44 bits per heavy atom. The van der Waals surface area contributed by atoms with Crippen molar-refractivity contribution >= 4 is 28.9 Å². The van der Waals surface area contributed by atoms with Gasteiger partial charge in [0.25, 0.3) is 5.56 Å². The fourth-order valence-corrected chi connectivity index (χ4v) is 1.98. The molecule has 96 valence electrons. The molecule has 0 bridgehead atoms. The van der Waals surface area contributed by atoms with Gasteiger partial charge in [-0.1, -0.05) is 23.2 Å². The molecule has 0 radical (unpaired) electrons. The number of halogens is 2. The van der Waals surface area contributed by atoms with Crippen LogP contribution in [-0.4, -0.2) is 19.3 Å². The maximum Gasteiger partial charge on any atom is 0.278 e. The minimum absolute atomic E-state index is 0.00487. The first-order valence-corrected chi connectivity index (χ1v) is 5.85. The first-order chi connectivity index (χ1) is 8.41. The molecule has 0 aromatic carbocycles. The molecule has 18 heavy (non-hydrogen) atoms. The van der Waals surface area contributed by atoms with Crippen LogP contribution in [0.15, 0.2) is 11.1 Å². The normalized spacial score (nSPS) is 10.9. The molecule has 0 saturated heterocycles. The molecular formula is C10H11Cl2N5O. The minimum atomic E-state index is -0.394. The van der Waals surface area contributed by atoms with Crippen LogP contribution in [0.25, 0.3) is 0 Å². The van der Waals surface area contributed by atoms with Crippen LogP contribution in [0, 0.1) is 6.92 Å². The smallest absolute Gasteiger partial charge is 0.278 e. The third-order valence-corrected chi connectivity index (χ3v) is 3.40. The number of aromatic nitrogens is 4. The molecule has 0 atom stereocenters. The second kappa shape index (κ2) is 4.62. The van der Waals surface area contributed by atoms with E-state index in [2.05, 4.69) is 10.1 Å². The molecule has 8 heteroatoms. The van der Waals surface area contributed by atoms with Gasteiger partial charge in [0.05, 0.1) is 18.6 Å². The highest BCUT2D eigenvalue weighted by Crippen LogP contribution is 2.19. The van der Waals surface area contributed by atoms with Crippen molar-refractivity contribution in [3.05, 3.63) is 38.2 Å². The number of nitrogens with zero attached hydrogens (tertiary/aromatic N) is 4. The van der Waals surface area contributed by atoms with Crippen molar-refractivity contribution in [1.29, 1.82) is 0 Å². The van der Waals surface area contributed by atoms with Crippen LogP contribution in [0.4, 0.5) is 5.69 Å². The molecule has 0 amide bonds. The predicted octanol–water partition coefficient (Wildman–Crippen LogP) is 1.22. The van der Waals surface area contributed by atoms with Gasteiger partial charge in [-0.25, -0.2) is 4.98 Å². The highest BCUT2D eigenvalue weighted by atomic mass is 35.5. The fourth-order valence-electron chi connectivity index (χ4n) is 1.62. The molecule has 0 fully saturated rings. The zero-order valence-electron chi connectivity index (χ0n) is 9.81. The van der Waals surface area contributed by atoms with E-state index in [0.29, 0.717) is 5.15 Å². The number of nitrogens with two attached hydrogens (primary N) is 1. The zero-order chi connectivity index (χ0) is 13.4. The van der Waals surface area contributed by atoms with Gasteiger partial charge in [0.2, 0.25) is 0 Å². The summed E-state index contributed by atoms with van der Waals surface area (Å²) in [6.45, 7) is 2.07. The van der Waals surface area contributed by atoms with Crippen LogP contribution in [0.3, 0.4) is 0 Å². The lowest BCUT2D eigenvalue weighted by molar-refractivity contribution is 0.734. The summed E-state index contributed by atoms with van der Waals surface area (Å²) in [5, 5.41) is 4.65. The first-order valence-electron chi connectivity index (χ1n) is 5.10. The second-order valence-electron chi connectivity index (χ2n) is 3.86. The van der Waals surface area contributed by atoms with Gasteiger partial charge in [-0.05, 0) is 6.92 Å². The average Bonchev–Trinajstić information content (AvgIpc) is 2.56. The van der Waals surface area contributed by atoms with E-state index in [9.17, 15) is 4.79 Å². The van der Waals surface area contributed by atoms with Gasteiger partial charge in [0.15, 0.2) is 5.15 Å². The molecule has 0 aliphatic rings. The summed E-state index contributed by atoms with van der Waals surface area (Å²) >= 11 is 11.8. The van der Waals surface area contributed by atoms with Gasteiger partial charge in [-0.15, -0.1) is 0 Å². The van der Waals surface area contributed by atoms with Crippen LogP contribution < -0.4 is 11.3 Å². The predicted molar refractivity (Wildman–Crippen MR) is 70.0 cm³/mol. The van der Waals surface area contributed by atoms with Gasteiger partial charge in [0, 0.05) is 12.6 Å². The van der Waals surface area contributed by atoms with Crippen LogP contribution in [-0.2, 0) is 13.6 Å². The Morgan fingerprint density at radius 3 is 2.67 bits per heavy atom. The zero-order valence-corrected chi connectivity index (χ0v) is 11.3. The van der Waals surface area contributed by atoms with Crippen molar-refractivity contribution in [1.82, 2.24) is 19.3 Å². The van der Waals surface area contributed by atoms with E-state index in [-0.39, 0.29) is 17.4 Å². The maximum absolute atomic E-state index is 11.9. The molecule has 0 spiro atoms. The van der Waals surface area contributed by atoms with Gasteiger partial charge < -0.3 is 5.73 Å². The molecule has 6 nitrogen and oxygen atoms in total. The van der Waals surface area contributed by atoms with Gasteiger partial charge in [-0.3, -0.25) is 14.0 Å². The molecule has 2 rings (SSSR count). The van der Waals surface area contributed by atoms with Crippen molar-refractivity contribution in [2.24, 2.45) is 7.05 Å². The maximum atomic E-state index is 11.9. The Labute approximate surface area is 113 Å². The fraction of sp³-hybridized carbons (Fsp3) is 0.300. The van der Waals surface area contributed by atoms with E-state index in [1.165, 1.54) is 10.9 Å². The van der Waals surface area contributed by atoms with E-state index in [4.69, 9.17) is 28.9 Å². The molecule has 0 aliphatic heterocycles. The lowest BCUT2D eigenvalue weighted by Gasteiger charge is -2.06. The third kappa shape index (κ3) is 2.09. The van der Waals surface area contributed by atoms with Gasteiger partial charge >= 0.3 is 0 Å². The average molecular weight is 288 g/mol. The molecular weight excluding hydrogens is 277 g/mol. The Kier molecular flexibility index (Phi) is 3.32. The van der Waals surface area contributed by atoms with Gasteiger partial charge in [0.1, 0.15) is 10.8 Å². The number of rotatable bonds is 2. The highest BCUT2D eigenvalue weighted by Gasteiger charge is 2.14. The summed E-state index contributed by atoms with van der Waals surface area (Å²) in [5.74, 6) is 0. The van der Waals surface area contributed by atoms with Crippen molar-refractivity contribution in [3.8, 4) is 0 Å². The quantitative estimate of drug-likeness (QED) is 0.843. The topological polar surface area (TPSA) is 78.7 Å². The van der Waals surface area contributed by atoms with E-state index in [1.54, 1.807) is 11.7 Å². The molecule has 0 aliphatic carbocycles. The summed E-state index contributed by atoms with van der Waals surface area (Å²) in [5.41, 5.74) is 6.58. The Bertz CT molecular complexity index is 661. The monoisotopic (exact) mass is 287 g/mol. The van der Waals surface area contributed by atoms with Crippen molar-refractivity contribution in [3.63, 3.8) is 0 Å².